The molecule has 0 aliphatic carbocycles. The maximum absolute atomic E-state index is 12.5. The van der Waals surface area contributed by atoms with E-state index >= 15 is 0 Å². The highest BCUT2D eigenvalue weighted by Crippen LogP contribution is 2.23. The lowest BCUT2D eigenvalue weighted by Gasteiger charge is -2.08. The molecule has 0 spiro atoms. The third kappa shape index (κ3) is 4.26. The Labute approximate surface area is 178 Å². The lowest BCUT2D eigenvalue weighted by Crippen LogP contribution is -2.31. The second-order valence-corrected chi connectivity index (χ2v) is 8.40. The number of aromatic nitrogens is 4. The van der Waals surface area contributed by atoms with Crippen molar-refractivity contribution in [3.63, 3.8) is 0 Å². The number of ether oxygens (including phenoxy) is 1. The number of hydrogen-bond donors (Lipinski definition) is 1. The highest BCUT2D eigenvalue weighted by molar-refractivity contribution is 7.14. The molecule has 0 unspecified atom stereocenters. The molecule has 0 radical (unpaired) electrons. The lowest BCUT2D eigenvalue weighted by atomic mass is 10.2. The molecule has 9 heteroatoms. The average Bonchev–Trinajstić information content (AvgIpc) is 3.27. The summed E-state index contributed by atoms with van der Waals surface area (Å²) in [5.74, 6) is 0.0562. The van der Waals surface area contributed by atoms with Crippen LogP contribution in [0.5, 0.6) is 0 Å². The van der Waals surface area contributed by atoms with Gasteiger partial charge in [-0.15, -0.1) is 11.3 Å². The number of esters is 1. The zero-order valence-corrected chi connectivity index (χ0v) is 18.7. The summed E-state index contributed by atoms with van der Waals surface area (Å²) in [5, 5.41) is 0. The van der Waals surface area contributed by atoms with Crippen molar-refractivity contribution in [3.05, 3.63) is 48.0 Å². The van der Waals surface area contributed by atoms with Crippen LogP contribution in [0.1, 0.15) is 66.0 Å². The minimum atomic E-state index is -0.470. The fourth-order valence-electron chi connectivity index (χ4n) is 3.49. The van der Waals surface area contributed by atoms with E-state index < -0.39 is 17.2 Å². The second-order valence-electron chi connectivity index (χ2n) is 7.26. The first-order valence-electron chi connectivity index (χ1n) is 10.4. The summed E-state index contributed by atoms with van der Waals surface area (Å²) >= 11 is 1.44. The Hall–Kier alpha value is -2.68. The van der Waals surface area contributed by atoms with Crippen LogP contribution in [0.2, 0.25) is 0 Å². The number of aryl methyl sites for hydroxylation is 4. The van der Waals surface area contributed by atoms with E-state index in [0.29, 0.717) is 35.0 Å². The van der Waals surface area contributed by atoms with Crippen LogP contribution in [0.25, 0.3) is 11.2 Å². The molecule has 8 nitrogen and oxygen atoms in total. The van der Waals surface area contributed by atoms with Gasteiger partial charge in [0.15, 0.2) is 11.2 Å². The van der Waals surface area contributed by atoms with Crippen LogP contribution in [0.3, 0.4) is 0 Å². The lowest BCUT2D eigenvalue weighted by molar-refractivity contribution is 0.0464. The van der Waals surface area contributed by atoms with Crippen molar-refractivity contribution in [2.45, 2.75) is 73.1 Å². The van der Waals surface area contributed by atoms with E-state index in [1.165, 1.54) is 15.9 Å². The van der Waals surface area contributed by atoms with Crippen LogP contribution >= 0.6 is 11.3 Å². The summed E-state index contributed by atoms with van der Waals surface area (Å²) < 4.78 is 8.77. The maximum atomic E-state index is 12.5. The van der Waals surface area contributed by atoms with Gasteiger partial charge in [-0.3, -0.25) is 14.3 Å². The number of nitrogens with zero attached hydrogens (tertiary/aromatic N) is 3. The van der Waals surface area contributed by atoms with Gasteiger partial charge >= 0.3 is 11.7 Å². The van der Waals surface area contributed by atoms with Gasteiger partial charge in [-0.1, -0.05) is 27.2 Å². The minimum absolute atomic E-state index is 0.0622. The largest absolute Gasteiger partial charge is 0.453 e. The predicted octanol–water partition coefficient (Wildman–Crippen LogP) is 3.39. The number of fused-ring (bicyclic) bond motifs is 1. The number of unbranched alkanes of at least 4 members (excludes halogenated alkanes) is 1. The Balaban J connectivity index is 1.97. The Morgan fingerprint density at radius 1 is 1.17 bits per heavy atom. The summed E-state index contributed by atoms with van der Waals surface area (Å²) in [5.41, 5.74) is 0.837. The van der Waals surface area contributed by atoms with Crippen LogP contribution in [0.15, 0.2) is 15.7 Å². The molecule has 3 heterocycles. The Morgan fingerprint density at radius 2 is 1.93 bits per heavy atom. The van der Waals surface area contributed by atoms with Crippen LogP contribution in [-0.4, -0.2) is 25.1 Å². The highest BCUT2D eigenvalue weighted by Gasteiger charge is 2.20. The van der Waals surface area contributed by atoms with Gasteiger partial charge in [0.05, 0.1) is 0 Å². The number of hydrogen-bond acceptors (Lipinski definition) is 6. The van der Waals surface area contributed by atoms with Crippen molar-refractivity contribution >= 4 is 28.5 Å². The van der Waals surface area contributed by atoms with Crippen LogP contribution in [-0.2, 0) is 30.9 Å². The van der Waals surface area contributed by atoms with E-state index in [-0.39, 0.29) is 6.61 Å². The number of carbonyl (C=O) groups excluding carboxylic acids is 1. The van der Waals surface area contributed by atoms with Gasteiger partial charge in [0.25, 0.3) is 5.56 Å². The molecule has 0 fully saturated rings. The standard InChI is InChI=1S/C21H28N4O4S/c1-5-8-10-25-18-17(19(26)23-21(25)28)24(9-6-2)16(22-18)12-29-20(27)15-11-13(4)14(7-3)30-15/h11H,5-10,12H2,1-4H3,(H,23,26,28). The molecule has 3 aromatic heterocycles. The van der Waals surface area contributed by atoms with Crippen LogP contribution in [0.4, 0.5) is 0 Å². The molecule has 1 N–H and O–H groups in total. The molecule has 30 heavy (non-hydrogen) atoms. The summed E-state index contributed by atoms with van der Waals surface area (Å²) in [6.45, 7) is 9.00. The fourth-order valence-corrected chi connectivity index (χ4v) is 4.50. The molecule has 0 aliphatic rings. The first kappa shape index (κ1) is 22.0. The van der Waals surface area contributed by atoms with Gasteiger partial charge in [0.2, 0.25) is 0 Å². The number of aromatic amines is 1. The monoisotopic (exact) mass is 432 g/mol. The van der Waals surface area contributed by atoms with E-state index in [1.807, 2.05) is 26.8 Å². The molecule has 0 bridgehead atoms. The molecule has 0 saturated heterocycles. The Kier molecular flexibility index (Phi) is 6.91. The molecule has 0 amide bonds. The van der Waals surface area contributed by atoms with Gasteiger partial charge in [0, 0.05) is 18.0 Å². The minimum Gasteiger partial charge on any atom is -0.453 e. The molecule has 162 valence electrons. The van der Waals surface area contributed by atoms with Crippen LogP contribution < -0.4 is 11.2 Å². The summed E-state index contributed by atoms with van der Waals surface area (Å²) in [4.78, 5) is 46.1. The molecular formula is C21H28N4O4S. The molecule has 0 saturated carbocycles. The molecular weight excluding hydrogens is 404 g/mol. The number of thiophene rings is 1. The summed E-state index contributed by atoms with van der Waals surface area (Å²) in [6, 6.07) is 1.84. The zero-order chi connectivity index (χ0) is 21.8. The molecule has 0 atom stereocenters. The predicted molar refractivity (Wildman–Crippen MR) is 117 cm³/mol. The molecule has 3 rings (SSSR count). The van der Waals surface area contributed by atoms with Crippen LogP contribution in [0, 0.1) is 6.92 Å². The first-order valence-corrected chi connectivity index (χ1v) is 11.2. The number of imidazole rings is 1. The number of nitrogens with one attached hydrogen (secondary N) is 1. The van der Waals surface area contributed by atoms with Gasteiger partial charge in [0.1, 0.15) is 17.3 Å². The van der Waals surface area contributed by atoms with Gasteiger partial charge < -0.3 is 9.30 Å². The maximum Gasteiger partial charge on any atom is 0.348 e. The summed E-state index contributed by atoms with van der Waals surface area (Å²) in [7, 11) is 0. The highest BCUT2D eigenvalue weighted by atomic mass is 32.1. The SMILES string of the molecule is CCCCn1c(=O)[nH]c(=O)c2c1nc(COC(=O)c1cc(C)c(CC)s1)n2CCC. The summed E-state index contributed by atoms with van der Waals surface area (Å²) in [6.07, 6.45) is 3.34. The van der Waals surface area contributed by atoms with Crippen molar-refractivity contribution in [1.82, 2.24) is 19.1 Å². The number of rotatable bonds is 9. The zero-order valence-electron chi connectivity index (χ0n) is 17.9. The van der Waals surface area contributed by atoms with Gasteiger partial charge in [-0.2, -0.15) is 0 Å². The van der Waals surface area contributed by atoms with Crippen molar-refractivity contribution in [2.75, 3.05) is 0 Å². The van der Waals surface area contributed by atoms with E-state index in [2.05, 4.69) is 16.9 Å². The third-order valence-corrected chi connectivity index (χ3v) is 6.38. The molecule has 0 aliphatic heterocycles. The molecule has 3 aromatic rings. The third-order valence-electron chi connectivity index (χ3n) is 5.02. The molecule has 0 aromatic carbocycles. The first-order chi connectivity index (χ1) is 14.4. The van der Waals surface area contributed by atoms with Crippen molar-refractivity contribution in [3.8, 4) is 0 Å². The quantitative estimate of drug-likeness (QED) is 0.523. The van der Waals surface area contributed by atoms with E-state index in [0.717, 1.165) is 36.1 Å². The normalized spacial score (nSPS) is 11.3. The number of H-pyrrole nitrogens is 1. The van der Waals surface area contributed by atoms with E-state index in [9.17, 15) is 14.4 Å². The number of carbonyl (C=O) groups is 1. The average molecular weight is 433 g/mol. The van der Waals surface area contributed by atoms with Crippen molar-refractivity contribution in [2.24, 2.45) is 0 Å². The topological polar surface area (TPSA) is 99.0 Å². The Morgan fingerprint density at radius 3 is 2.57 bits per heavy atom. The van der Waals surface area contributed by atoms with Gasteiger partial charge in [-0.25, -0.2) is 14.6 Å². The van der Waals surface area contributed by atoms with E-state index in [4.69, 9.17) is 4.74 Å². The fraction of sp³-hybridized carbons (Fsp3) is 0.524. The van der Waals surface area contributed by atoms with E-state index in [1.54, 1.807) is 4.57 Å². The smallest absolute Gasteiger partial charge is 0.348 e. The second kappa shape index (κ2) is 9.42. The van der Waals surface area contributed by atoms with Crippen molar-refractivity contribution < 1.29 is 9.53 Å². The Bertz CT molecular complexity index is 1170. The van der Waals surface area contributed by atoms with Crippen molar-refractivity contribution in [1.29, 1.82) is 0 Å². The van der Waals surface area contributed by atoms with Gasteiger partial charge in [-0.05, 0) is 37.8 Å².